The summed E-state index contributed by atoms with van der Waals surface area (Å²) in [6, 6.07) is 7.40. The second kappa shape index (κ2) is 6.56. The Bertz CT molecular complexity index is 540. The van der Waals surface area contributed by atoms with Crippen LogP contribution in [0.4, 0.5) is 5.69 Å². The molecule has 2 N–H and O–H groups in total. The molecule has 0 fully saturated rings. The largest absolute Gasteiger partial charge is 0.325 e. The first kappa shape index (κ1) is 14.6. The molecule has 1 aliphatic rings. The van der Waals surface area contributed by atoms with Crippen LogP contribution in [0.15, 0.2) is 29.4 Å². The average molecular weight is 291 g/mol. The van der Waals surface area contributed by atoms with E-state index in [-0.39, 0.29) is 17.1 Å². The van der Waals surface area contributed by atoms with Crippen LogP contribution in [0.25, 0.3) is 0 Å². The summed E-state index contributed by atoms with van der Waals surface area (Å²) in [5.74, 6) is -0.164. The van der Waals surface area contributed by atoms with Crippen molar-refractivity contribution in [3.8, 4) is 0 Å². The third-order valence-electron chi connectivity index (χ3n) is 3.08. The van der Waals surface area contributed by atoms with Crippen molar-refractivity contribution in [1.82, 2.24) is 5.43 Å². The van der Waals surface area contributed by atoms with E-state index in [9.17, 15) is 9.59 Å². The lowest BCUT2D eigenvalue weighted by molar-refractivity contribution is -0.121. The van der Waals surface area contributed by atoms with Crippen molar-refractivity contribution >= 4 is 35.8 Å². The molecule has 6 heteroatoms. The number of carbonyl (C=O) groups is 2. The molecule has 2 amide bonds. The van der Waals surface area contributed by atoms with Gasteiger partial charge in [-0.1, -0.05) is 19.1 Å². The number of thiol groups is 1. The van der Waals surface area contributed by atoms with E-state index in [4.69, 9.17) is 0 Å². The fraction of sp³-hybridized carbons (Fsp3) is 0.357. The van der Waals surface area contributed by atoms with Gasteiger partial charge in [0.05, 0.1) is 11.0 Å². The van der Waals surface area contributed by atoms with E-state index in [0.29, 0.717) is 19.3 Å². The number of benzene rings is 1. The van der Waals surface area contributed by atoms with E-state index < -0.39 is 0 Å². The number of hydrazone groups is 1. The Balaban J connectivity index is 2.03. The maximum atomic E-state index is 11.7. The molecule has 1 aliphatic heterocycles. The predicted octanol–water partition coefficient (Wildman–Crippen LogP) is 1.95. The second-order valence-electron chi connectivity index (χ2n) is 4.58. The van der Waals surface area contributed by atoms with Gasteiger partial charge in [0, 0.05) is 18.5 Å². The van der Waals surface area contributed by atoms with Gasteiger partial charge in [0.25, 0.3) is 0 Å². The SMILES string of the molecule is CCC(S)C(=O)Nc1ccc(C2=NNC(=O)CC2)cc1. The number of carbonyl (C=O) groups excluding carboxylic acids is 2. The topological polar surface area (TPSA) is 70.6 Å². The van der Waals surface area contributed by atoms with Crippen molar-refractivity contribution in [3.05, 3.63) is 29.8 Å². The molecule has 1 atom stereocenters. The lowest BCUT2D eigenvalue weighted by Gasteiger charge is -2.13. The molecule has 0 radical (unpaired) electrons. The first-order valence-electron chi connectivity index (χ1n) is 6.55. The smallest absolute Gasteiger partial charge is 0.240 e. The summed E-state index contributed by atoms with van der Waals surface area (Å²) in [6.45, 7) is 1.91. The van der Waals surface area contributed by atoms with Gasteiger partial charge in [0.15, 0.2) is 0 Å². The summed E-state index contributed by atoms with van der Waals surface area (Å²) >= 11 is 4.20. The molecule has 20 heavy (non-hydrogen) atoms. The first-order chi connectivity index (χ1) is 9.60. The van der Waals surface area contributed by atoms with Crippen molar-refractivity contribution in [1.29, 1.82) is 0 Å². The highest BCUT2D eigenvalue weighted by atomic mass is 32.1. The summed E-state index contributed by atoms with van der Waals surface area (Å²) < 4.78 is 0. The van der Waals surface area contributed by atoms with Crippen molar-refractivity contribution in [2.75, 3.05) is 5.32 Å². The Morgan fingerprint density at radius 1 is 1.40 bits per heavy atom. The van der Waals surface area contributed by atoms with Gasteiger partial charge in [0.2, 0.25) is 11.8 Å². The van der Waals surface area contributed by atoms with Gasteiger partial charge in [-0.2, -0.15) is 17.7 Å². The van der Waals surface area contributed by atoms with Gasteiger partial charge >= 0.3 is 0 Å². The molecule has 1 aromatic carbocycles. The summed E-state index contributed by atoms with van der Waals surface area (Å²) in [6.07, 6.45) is 1.77. The monoisotopic (exact) mass is 291 g/mol. The Morgan fingerprint density at radius 3 is 2.65 bits per heavy atom. The fourth-order valence-electron chi connectivity index (χ4n) is 1.84. The molecular weight excluding hydrogens is 274 g/mol. The van der Waals surface area contributed by atoms with E-state index in [1.165, 1.54) is 0 Å². The lowest BCUT2D eigenvalue weighted by Crippen LogP contribution is -2.26. The molecule has 0 aliphatic carbocycles. The van der Waals surface area contributed by atoms with Crippen LogP contribution in [0.3, 0.4) is 0 Å². The normalized spacial score (nSPS) is 16.1. The van der Waals surface area contributed by atoms with Gasteiger partial charge in [-0.25, -0.2) is 5.43 Å². The van der Waals surface area contributed by atoms with E-state index in [1.54, 1.807) is 0 Å². The van der Waals surface area contributed by atoms with Gasteiger partial charge in [-0.3, -0.25) is 9.59 Å². The minimum atomic E-state index is -0.299. The molecule has 0 spiro atoms. The van der Waals surface area contributed by atoms with E-state index >= 15 is 0 Å². The number of hydrogen-bond donors (Lipinski definition) is 3. The minimum absolute atomic E-state index is 0.0583. The summed E-state index contributed by atoms with van der Waals surface area (Å²) in [4.78, 5) is 22.7. The van der Waals surface area contributed by atoms with Gasteiger partial charge in [-0.05, 0) is 24.1 Å². The third kappa shape index (κ3) is 3.60. The summed E-state index contributed by atoms with van der Waals surface area (Å²) in [7, 11) is 0. The summed E-state index contributed by atoms with van der Waals surface area (Å²) in [5.41, 5.74) is 4.99. The summed E-state index contributed by atoms with van der Waals surface area (Å²) in [5, 5.41) is 6.54. The molecule has 1 heterocycles. The molecule has 2 rings (SSSR count). The maximum absolute atomic E-state index is 11.7. The van der Waals surface area contributed by atoms with Gasteiger partial charge < -0.3 is 5.32 Å². The zero-order valence-electron chi connectivity index (χ0n) is 11.2. The Morgan fingerprint density at radius 2 is 2.10 bits per heavy atom. The van der Waals surface area contributed by atoms with Crippen molar-refractivity contribution in [2.45, 2.75) is 31.4 Å². The first-order valence-corrected chi connectivity index (χ1v) is 7.06. The van der Waals surface area contributed by atoms with Gasteiger partial charge in [-0.15, -0.1) is 0 Å². The molecule has 5 nitrogen and oxygen atoms in total. The number of nitrogens with zero attached hydrogens (tertiary/aromatic N) is 1. The van der Waals surface area contributed by atoms with Crippen LogP contribution in [0, 0.1) is 0 Å². The van der Waals surface area contributed by atoms with Crippen LogP contribution in [0.1, 0.15) is 31.7 Å². The molecule has 0 saturated carbocycles. The maximum Gasteiger partial charge on any atom is 0.240 e. The number of hydrogen-bond acceptors (Lipinski definition) is 4. The van der Waals surface area contributed by atoms with Crippen molar-refractivity contribution in [3.63, 3.8) is 0 Å². The van der Waals surface area contributed by atoms with Gasteiger partial charge in [0.1, 0.15) is 0 Å². The van der Waals surface area contributed by atoms with Crippen molar-refractivity contribution < 1.29 is 9.59 Å². The standard InChI is InChI=1S/C14H17N3O2S/c1-2-12(20)14(19)15-10-5-3-9(4-6-10)11-7-8-13(18)17-16-11/h3-6,12,20H,2,7-8H2,1H3,(H,15,19)(H,17,18). The van der Waals surface area contributed by atoms with Crippen LogP contribution in [-0.2, 0) is 9.59 Å². The molecule has 0 aromatic heterocycles. The Kier molecular flexibility index (Phi) is 4.79. The fourth-order valence-corrected chi connectivity index (χ4v) is 1.90. The zero-order chi connectivity index (χ0) is 14.5. The third-order valence-corrected chi connectivity index (χ3v) is 3.68. The second-order valence-corrected chi connectivity index (χ2v) is 5.21. The molecular formula is C14H17N3O2S. The lowest BCUT2D eigenvalue weighted by atomic mass is 10.0. The van der Waals surface area contributed by atoms with E-state index in [2.05, 4.69) is 28.5 Å². The highest BCUT2D eigenvalue weighted by Crippen LogP contribution is 2.15. The van der Waals surface area contributed by atoms with Crippen LogP contribution >= 0.6 is 12.6 Å². The van der Waals surface area contributed by atoms with Crippen LogP contribution in [-0.4, -0.2) is 22.8 Å². The molecule has 0 bridgehead atoms. The van der Waals surface area contributed by atoms with E-state index in [0.717, 1.165) is 17.0 Å². The molecule has 0 saturated heterocycles. The Labute approximate surface area is 123 Å². The Hall–Kier alpha value is -1.82. The molecule has 106 valence electrons. The molecule has 1 unspecified atom stereocenters. The van der Waals surface area contributed by atoms with Crippen molar-refractivity contribution in [2.24, 2.45) is 5.10 Å². The number of amides is 2. The number of anilines is 1. The van der Waals surface area contributed by atoms with E-state index in [1.807, 2.05) is 31.2 Å². The highest BCUT2D eigenvalue weighted by molar-refractivity contribution is 7.81. The average Bonchev–Trinajstić information content (AvgIpc) is 2.48. The molecule has 1 aromatic rings. The van der Waals surface area contributed by atoms with Crippen LogP contribution < -0.4 is 10.7 Å². The number of rotatable bonds is 4. The van der Waals surface area contributed by atoms with Crippen LogP contribution in [0.2, 0.25) is 0 Å². The van der Waals surface area contributed by atoms with Crippen LogP contribution in [0.5, 0.6) is 0 Å². The quantitative estimate of drug-likeness (QED) is 0.742. The highest BCUT2D eigenvalue weighted by Gasteiger charge is 2.14. The minimum Gasteiger partial charge on any atom is -0.325 e. The predicted molar refractivity (Wildman–Crippen MR) is 82.1 cm³/mol. The zero-order valence-corrected chi connectivity index (χ0v) is 12.1. The number of nitrogens with one attached hydrogen (secondary N) is 2.